The lowest BCUT2D eigenvalue weighted by Gasteiger charge is -1.86. The van der Waals surface area contributed by atoms with Crippen molar-refractivity contribution in [3.05, 3.63) is 11.1 Å². The SMILES string of the molecule is NC/C=C(\Cl)CN. The van der Waals surface area contributed by atoms with Gasteiger partial charge in [0.25, 0.3) is 0 Å². The Kier molecular flexibility index (Phi) is 4.09. The van der Waals surface area contributed by atoms with Gasteiger partial charge < -0.3 is 11.5 Å². The normalized spacial score (nSPS) is 12.1. The van der Waals surface area contributed by atoms with Crippen LogP contribution in [0.5, 0.6) is 0 Å². The fourth-order valence-corrected chi connectivity index (χ4v) is 0.300. The van der Waals surface area contributed by atoms with Gasteiger partial charge in [-0.1, -0.05) is 17.7 Å². The molecular formula is C4H9ClN2. The lowest BCUT2D eigenvalue weighted by Crippen LogP contribution is -2.01. The maximum atomic E-state index is 5.42. The maximum absolute atomic E-state index is 5.42. The van der Waals surface area contributed by atoms with Crippen LogP contribution in [0.15, 0.2) is 11.1 Å². The van der Waals surface area contributed by atoms with Crippen molar-refractivity contribution in [1.29, 1.82) is 0 Å². The highest BCUT2D eigenvalue weighted by Crippen LogP contribution is 1.93. The predicted octanol–water partition coefficient (Wildman–Crippen LogP) is 0.0265. The first-order valence-electron chi connectivity index (χ1n) is 2.06. The van der Waals surface area contributed by atoms with Crippen molar-refractivity contribution in [1.82, 2.24) is 0 Å². The van der Waals surface area contributed by atoms with E-state index in [0.29, 0.717) is 18.1 Å². The van der Waals surface area contributed by atoms with E-state index in [0.717, 1.165) is 0 Å². The largest absolute Gasteiger partial charge is 0.327 e. The van der Waals surface area contributed by atoms with Crippen molar-refractivity contribution in [3.8, 4) is 0 Å². The molecule has 0 radical (unpaired) electrons. The van der Waals surface area contributed by atoms with Crippen LogP contribution >= 0.6 is 11.6 Å². The fraction of sp³-hybridized carbons (Fsp3) is 0.500. The molecule has 0 heterocycles. The van der Waals surface area contributed by atoms with Crippen molar-refractivity contribution in [2.24, 2.45) is 11.5 Å². The summed E-state index contributed by atoms with van der Waals surface area (Å²) in [6.07, 6.45) is 1.68. The Morgan fingerprint density at radius 1 is 1.57 bits per heavy atom. The van der Waals surface area contributed by atoms with Gasteiger partial charge in [-0.15, -0.1) is 0 Å². The summed E-state index contributed by atoms with van der Waals surface area (Å²) in [5.41, 5.74) is 10.2. The lowest BCUT2D eigenvalue weighted by molar-refractivity contribution is 1.17. The van der Waals surface area contributed by atoms with Crippen molar-refractivity contribution in [2.75, 3.05) is 13.1 Å². The molecule has 2 nitrogen and oxygen atoms in total. The summed E-state index contributed by atoms with van der Waals surface area (Å²) in [5.74, 6) is 0. The zero-order chi connectivity index (χ0) is 5.70. The van der Waals surface area contributed by atoms with Crippen LogP contribution in [0.1, 0.15) is 0 Å². The molecule has 0 amide bonds. The molecule has 0 aromatic heterocycles. The zero-order valence-electron chi connectivity index (χ0n) is 4.02. The van der Waals surface area contributed by atoms with E-state index in [1.165, 1.54) is 0 Å². The van der Waals surface area contributed by atoms with E-state index in [-0.39, 0.29) is 0 Å². The van der Waals surface area contributed by atoms with Crippen molar-refractivity contribution < 1.29 is 0 Å². The summed E-state index contributed by atoms with van der Waals surface area (Å²) in [6.45, 7) is 0.856. The van der Waals surface area contributed by atoms with Gasteiger partial charge in [-0.25, -0.2) is 0 Å². The van der Waals surface area contributed by atoms with Crippen LogP contribution < -0.4 is 11.5 Å². The molecule has 0 unspecified atom stereocenters. The molecule has 0 saturated carbocycles. The van der Waals surface area contributed by atoms with E-state index in [1.54, 1.807) is 6.08 Å². The Hall–Kier alpha value is -0.0500. The van der Waals surface area contributed by atoms with Gasteiger partial charge in [-0.05, 0) is 0 Å². The molecule has 3 heteroatoms. The van der Waals surface area contributed by atoms with Crippen molar-refractivity contribution in [2.45, 2.75) is 0 Å². The highest BCUT2D eigenvalue weighted by molar-refractivity contribution is 6.29. The third kappa shape index (κ3) is 3.79. The first kappa shape index (κ1) is 6.95. The van der Waals surface area contributed by atoms with E-state index >= 15 is 0 Å². The lowest BCUT2D eigenvalue weighted by atomic mass is 10.5. The first-order chi connectivity index (χ1) is 3.31. The summed E-state index contributed by atoms with van der Waals surface area (Å²) in [7, 11) is 0. The van der Waals surface area contributed by atoms with Crippen LogP contribution in [-0.4, -0.2) is 13.1 Å². The van der Waals surface area contributed by atoms with E-state index in [9.17, 15) is 0 Å². The zero-order valence-corrected chi connectivity index (χ0v) is 4.78. The topological polar surface area (TPSA) is 52.0 Å². The quantitative estimate of drug-likeness (QED) is 0.540. The Morgan fingerprint density at radius 2 is 2.14 bits per heavy atom. The van der Waals surface area contributed by atoms with Gasteiger partial charge in [0.2, 0.25) is 0 Å². The summed E-state index contributed by atoms with van der Waals surface area (Å²) >= 11 is 5.42. The van der Waals surface area contributed by atoms with Crippen LogP contribution in [0.25, 0.3) is 0 Å². The average molecular weight is 121 g/mol. The first-order valence-corrected chi connectivity index (χ1v) is 2.43. The fourth-order valence-electron chi connectivity index (χ4n) is 0.211. The molecule has 42 valence electrons. The second kappa shape index (κ2) is 4.12. The van der Waals surface area contributed by atoms with Gasteiger partial charge in [0.05, 0.1) is 0 Å². The molecule has 4 N–H and O–H groups in total. The molecule has 0 rings (SSSR count). The maximum Gasteiger partial charge on any atom is 0.0289 e. The summed E-state index contributed by atoms with van der Waals surface area (Å²) in [5, 5.41) is 0.627. The van der Waals surface area contributed by atoms with E-state index in [4.69, 9.17) is 23.1 Å². The van der Waals surface area contributed by atoms with E-state index in [1.807, 2.05) is 0 Å². The molecular weight excluding hydrogens is 112 g/mol. The molecule has 0 fully saturated rings. The second-order valence-electron chi connectivity index (χ2n) is 1.09. The molecule has 7 heavy (non-hydrogen) atoms. The third-order valence-corrected chi connectivity index (χ3v) is 0.843. The standard InChI is InChI=1S/C4H9ClN2/c5-4(3-7)1-2-6/h1H,2-3,6-7H2/b4-1-. The summed E-state index contributed by atoms with van der Waals surface area (Å²) < 4.78 is 0. The van der Waals surface area contributed by atoms with Crippen molar-refractivity contribution >= 4 is 11.6 Å². The van der Waals surface area contributed by atoms with Crippen molar-refractivity contribution in [3.63, 3.8) is 0 Å². The van der Waals surface area contributed by atoms with Crippen LogP contribution in [0.2, 0.25) is 0 Å². The van der Waals surface area contributed by atoms with E-state index < -0.39 is 0 Å². The number of halogens is 1. The second-order valence-corrected chi connectivity index (χ2v) is 1.58. The molecule has 0 aliphatic rings. The number of hydrogen-bond acceptors (Lipinski definition) is 2. The molecule has 0 spiro atoms. The Morgan fingerprint density at radius 3 is 2.29 bits per heavy atom. The van der Waals surface area contributed by atoms with Crippen LogP contribution in [0, 0.1) is 0 Å². The molecule has 0 bridgehead atoms. The number of nitrogens with two attached hydrogens (primary N) is 2. The molecule has 0 aromatic rings. The molecule has 0 aromatic carbocycles. The third-order valence-electron chi connectivity index (χ3n) is 0.534. The smallest absolute Gasteiger partial charge is 0.0289 e. The minimum absolute atomic E-state index is 0.388. The highest BCUT2D eigenvalue weighted by Gasteiger charge is 1.80. The Balaban J connectivity index is 3.29. The molecule has 0 aliphatic carbocycles. The van der Waals surface area contributed by atoms with Gasteiger partial charge in [-0.3, -0.25) is 0 Å². The number of hydrogen-bond donors (Lipinski definition) is 2. The minimum atomic E-state index is 0.388. The summed E-state index contributed by atoms with van der Waals surface area (Å²) in [4.78, 5) is 0. The monoisotopic (exact) mass is 120 g/mol. The van der Waals surface area contributed by atoms with Crippen LogP contribution in [-0.2, 0) is 0 Å². The molecule has 0 atom stereocenters. The molecule has 0 aliphatic heterocycles. The van der Waals surface area contributed by atoms with Crippen LogP contribution in [0.4, 0.5) is 0 Å². The van der Waals surface area contributed by atoms with Crippen LogP contribution in [0.3, 0.4) is 0 Å². The minimum Gasteiger partial charge on any atom is -0.327 e. The molecule has 0 saturated heterocycles. The van der Waals surface area contributed by atoms with Gasteiger partial charge >= 0.3 is 0 Å². The van der Waals surface area contributed by atoms with Gasteiger partial charge in [-0.2, -0.15) is 0 Å². The van der Waals surface area contributed by atoms with Gasteiger partial charge in [0.1, 0.15) is 0 Å². The Bertz CT molecular complexity index is 70.1. The number of rotatable bonds is 2. The van der Waals surface area contributed by atoms with Gasteiger partial charge in [0, 0.05) is 18.1 Å². The van der Waals surface area contributed by atoms with E-state index in [2.05, 4.69) is 0 Å². The summed E-state index contributed by atoms with van der Waals surface area (Å²) in [6, 6.07) is 0. The van der Waals surface area contributed by atoms with Gasteiger partial charge in [0.15, 0.2) is 0 Å². The highest BCUT2D eigenvalue weighted by atomic mass is 35.5. The average Bonchev–Trinajstić information content (AvgIpc) is 1.68. The predicted molar refractivity (Wildman–Crippen MR) is 32.0 cm³/mol. The Labute approximate surface area is 48.1 Å².